The van der Waals surface area contributed by atoms with Crippen LogP contribution in [0.15, 0.2) is 60.8 Å². The third kappa shape index (κ3) is 42.3. The molecule has 0 N–H and O–H groups in total. The van der Waals surface area contributed by atoms with Crippen molar-refractivity contribution in [3.63, 3.8) is 0 Å². The highest BCUT2D eigenvalue weighted by Crippen LogP contribution is 2.13. The second kappa shape index (κ2) is 44.8. The summed E-state index contributed by atoms with van der Waals surface area (Å²) < 4.78 is 16.6. The molecule has 0 aliphatic rings. The van der Waals surface area contributed by atoms with Crippen molar-refractivity contribution in [3.8, 4) is 0 Å². The van der Waals surface area contributed by atoms with Gasteiger partial charge in [-0.15, -0.1) is 0 Å². The molecule has 0 spiro atoms. The number of carbonyl (C=O) groups is 3. The van der Waals surface area contributed by atoms with Gasteiger partial charge in [-0.25, -0.2) is 0 Å². The summed E-state index contributed by atoms with van der Waals surface area (Å²) in [4.78, 5) is 37.6. The first-order valence-electron chi connectivity index (χ1n) is 23.3. The lowest BCUT2D eigenvalue weighted by Crippen LogP contribution is -2.30. The van der Waals surface area contributed by atoms with Crippen LogP contribution >= 0.6 is 0 Å². The van der Waals surface area contributed by atoms with Crippen LogP contribution in [0.1, 0.15) is 220 Å². The van der Waals surface area contributed by atoms with E-state index < -0.39 is 6.10 Å². The maximum atomic E-state index is 12.7. The predicted molar refractivity (Wildman–Crippen MR) is 238 cm³/mol. The average Bonchev–Trinajstić information content (AvgIpc) is 3.19. The van der Waals surface area contributed by atoms with Crippen molar-refractivity contribution < 1.29 is 28.6 Å². The highest BCUT2D eigenvalue weighted by atomic mass is 16.6. The summed E-state index contributed by atoms with van der Waals surface area (Å²) in [5.41, 5.74) is 0. The van der Waals surface area contributed by atoms with Gasteiger partial charge in [0, 0.05) is 19.3 Å². The van der Waals surface area contributed by atoms with Crippen LogP contribution < -0.4 is 0 Å². The molecule has 322 valence electrons. The molecule has 6 heteroatoms. The second-order valence-electron chi connectivity index (χ2n) is 15.3. The van der Waals surface area contributed by atoms with Gasteiger partial charge in [0.05, 0.1) is 0 Å². The van der Waals surface area contributed by atoms with E-state index in [0.717, 1.165) is 109 Å². The standard InChI is InChI=1S/C50H86O6/c1-4-7-10-13-16-18-20-22-24-25-26-28-29-31-34-37-40-43-49(52)55-46-47(45-54-48(51)42-39-36-33-15-12-9-6-3)56-50(53)44-41-38-35-32-30-27-23-21-19-17-14-11-8-5-2/h7,10,16,18,21-24,26,28,47H,4-6,8-9,11-15,17,19-20,25,27,29-46H2,1-3H3/b10-7-,18-16-,23-21-,24-22-,28-26-. The van der Waals surface area contributed by atoms with Crippen LogP contribution in [0.4, 0.5) is 0 Å². The molecule has 0 aromatic heterocycles. The van der Waals surface area contributed by atoms with E-state index in [1.807, 2.05) is 0 Å². The lowest BCUT2D eigenvalue weighted by atomic mass is 10.1. The summed E-state index contributed by atoms with van der Waals surface area (Å²) in [6, 6.07) is 0. The van der Waals surface area contributed by atoms with Crippen molar-refractivity contribution in [3.05, 3.63) is 60.8 Å². The fourth-order valence-electron chi connectivity index (χ4n) is 6.25. The van der Waals surface area contributed by atoms with Crippen molar-refractivity contribution in [2.24, 2.45) is 0 Å². The summed E-state index contributed by atoms with van der Waals surface area (Å²) in [5, 5.41) is 0. The van der Waals surface area contributed by atoms with E-state index in [9.17, 15) is 14.4 Å². The molecule has 6 nitrogen and oxygen atoms in total. The monoisotopic (exact) mass is 783 g/mol. The molecule has 0 aliphatic carbocycles. The van der Waals surface area contributed by atoms with Crippen molar-refractivity contribution in [1.29, 1.82) is 0 Å². The Bertz CT molecular complexity index is 1040. The third-order valence-corrected chi connectivity index (χ3v) is 9.76. The normalized spacial score (nSPS) is 12.6. The molecule has 56 heavy (non-hydrogen) atoms. The van der Waals surface area contributed by atoms with Crippen molar-refractivity contribution in [1.82, 2.24) is 0 Å². The molecule has 0 heterocycles. The van der Waals surface area contributed by atoms with Gasteiger partial charge in [-0.05, 0) is 83.5 Å². The SMILES string of the molecule is CC/C=C\C/C=C\C/C=C\C/C=C\CCCCCCC(=O)OCC(COC(=O)CCCCCCCCC)OC(=O)CCCCCCC/C=C\CCCCCCC. The highest BCUT2D eigenvalue weighted by molar-refractivity contribution is 5.71. The zero-order valence-electron chi connectivity index (χ0n) is 36.6. The van der Waals surface area contributed by atoms with Crippen LogP contribution in [0.2, 0.25) is 0 Å². The van der Waals surface area contributed by atoms with Crippen LogP contribution in [-0.4, -0.2) is 37.2 Å². The lowest BCUT2D eigenvalue weighted by molar-refractivity contribution is -0.167. The zero-order valence-corrected chi connectivity index (χ0v) is 36.6. The summed E-state index contributed by atoms with van der Waals surface area (Å²) in [7, 11) is 0. The number of allylic oxidation sites excluding steroid dienone is 10. The molecule has 0 amide bonds. The van der Waals surface area contributed by atoms with E-state index in [0.29, 0.717) is 19.3 Å². The maximum Gasteiger partial charge on any atom is 0.306 e. The summed E-state index contributed by atoms with van der Waals surface area (Å²) in [6.07, 6.45) is 53.5. The van der Waals surface area contributed by atoms with E-state index in [1.54, 1.807) is 0 Å². The highest BCUT2D eigenvalue weighted by Gasteiger charge is 2.19. The van der Waals surface area contributed by atoms with Crippen LogP contribution in [0.25, 0.3) is 0 Å². The van der Waals surface area contributed by atoms with Crippen LogP contribution in [0.3, 0.4) is 0 Å². The molecule has 0 aromatic rings. The van der Waals surface area contributed by atoms with Gasteiger partial charge in [0.2, 0.25) is 0 Å². The minimum Gasteiger partial charge on any atom is -0.462 e. The number of hydrogen-bond acceptors (Lipinski definition) is 6. The first kappa shape index (κ1) is 53.1. The number of ether oxygens (including phenoxy) is 3. The van der Waals surface area contributed by atoms with Gasteiger partial charge in [0.25, 0.3) is 0 Å². The molecule has 0 bridgehead atoms. The zero-order chi connectivity index (χ0) is 40.8. The first-order chi connectivity index (χ1) is 27.5. The van der Waals surface area contributed by atoms with Crippen molar-refractivity contribution >= 4 is 17.9 Å². The van der Waals surface area contributed by atoms with E-state index in [1.165, 1.54) is 70.6 Å². The van der Waals surface area contributed by atoms with Gasteiger partial charge >= 0.3 is 17.9 Å². The van der Waals surface area contributed by atoms with Gasteiger partial charge in [0.1, 0.15) is 13.2 Å². The summed E-state index contributed by atoms with van der Waals surface area (Å²) >= 11 is 0. The Morgan fingerprint density at radius 1 is 0.375 bits per heavy atom. The van der Waals surface area contributed by atoms with E-state index in [-0.39, 0.29) is 31.1 Å². The topological polar surface area (TPSA) is 78.9 Å². The van der Waals surface area contributed by atoms with Crippen LogP contribution in [0.5, 0.6) is 0 Å². The largest absolute Gasteiger partial charge is 0.462 e. The first-order valence-corrected chi connectivity index (χ1v) is 23.3. The Kier molecular flexibility index (Phi) is 42.5. The van der Waals surface area contributed by atoms with Gasteiger partial charge in [-0.3, -0.25) is 14.4 Å². The molecule has 0 aromatic carbocycles. The number of rotatable bonds is 41. The Morgan fingerprint density at radius 3 is 1.11 bits per heavy atom. The van der Waals surface area contributed by atoms with Crippen LogP contribution in [0, 0.1) is 0 Å². The lowest BCUT2D eigenvalue weighted by Gasteiger charge is -2.18. The quantitative estimate of drug-likeness (QED) is 0.0266. The molecular weight excluding hydrogens is 697 g/mol. The molecule has 0 fully saturated rings. The molecule has 0 rings (SSSR count). The molecule has 0 radical (unpaired) electrons. The van der Waals surface area contributed by atoms with E-state index in [2.05, 4.69) is 81.5 Å². The van der Waals surface area contributed by atoms with E-state index in [4.69, 9.17) is 14.2 Å². The molecule has 1 unspecified atom stereocenters. The fourth-order valence-corrected chi connectivity index (χ4v) is 6.25. The molecule has 0 saturated heterocycles. The minimum atomic E-state index is -0.783. The number of hydrogen-bond donors (Lipinski definition) is 0. The fraction of sp³-hybridized carbons (Fsp3) is 0.740. The molecular formula is C50H86O6. The summed E-state index contributed by atoms with van der Waals surface area (Å²) in [5.74, 6) is -0.927. The maximum absolute atomic E-state index is 12.7. The van der Waals surface area contributed by atoms with Crippen molar-refractivity contribution in [2.45, 2.75) is 226 Å². The Balaban J connectivity index is 4.36. The Labute approximate surface area is 345 Å². The Morgan fingerprint density at radius 2 is 0.696 bits per heavy atom. The third-order valence-electron chi connectivity index (χ3n) is 9.76. The number of esters is 3. The minimum absolute atomic E-state index is 0.0854. The van der Waals surface area contributed by atoms with E-state index >= 15 is 0 Å². The number of carbonyl (C=O) groups excluding carboxylic acids is 3. The van der Waals surface area contributed by atoms with Gasteiger partial charge in [-0.2, -0.15) is 0 Å². The average molecular weight is 783 g/mol. The smallest absolute Gasteiger partial charge is 0.306 e. The molecule has 0 aliphatic heterocycles. The second-order valence-corrected chi connectivity index (χ2v) is 15.3. The van der Waals surface area contributed by atoms with Gasteiger partial charge < -0.3 is 14.2 Å². The van der Waals surface area contributed by atoms with Gasteiger partial charge in [-0.1, -0.05) is 178 Å². The van der Waals surface area contributed by atoms with Gasteiger partial charge in [0.15, 0.2) is 6.10 Å². The predicted octanol–water partition coefficient (Wildman–Crippen LogP) is 14.9. The summed E-state index contributed by atoms with van der Waals surface area (Å²) in [6.45, 7) is 6.43. The molecule has 1 atom stereocenters. The van der Waals surface area contributed by atoms with Crippen LogP contribution in [-0.2, 0) is 28.6 Å². The number of unbranched alkanes of at least 4 members (excludes halogenated alkanes) is 20. The molecule has 0 saturated carbocycles. The Hall–Kier alpha value is -2.89. The van der Waals surface area contributed by atoms with Crippen molar-refractivity contribution in [2.75, 3.05) is 13.2 Å².